The van der Waals surface area contributed by atoms with E-state index >= 15 is 0 Å². The maximum Gasteiger partial charge on any atom is 0.412 e. The van der Waals surface area contributed by atoms with Crippen LogP contribution in [0.25, 0.3) is 0 Å². The van der Waals surface area contributed by atoms with Crippen LogP contribution in [-0.2, 0) is 4.79 Å². The number of rotatable bonds is 2. The number of carbonyl (C=O) groups excluding carboxylic acids is 1. The first kappa shape index (κ1) is 13.0. The molecular weight excluding hydrogens is 221 g/mol. The number of nitrogens with zero attached hydrogens (tertiary/aromatic N) is 1. The highest BCUT2D eigenvalue weighted by Gasteiger charge is 2.35. The van der Waals surface area contributed by atoms with E-state index in [-0.39, 0.29) is 25.4 Å². The Morgan fingerprint density at radius 2 is 2.25 bits per heavy atom. The van der Waals surface area contributed by atoms with Crippen LogP contribution in [-0.4, -0.2) is 36.1 Å². The number of amides is 1. The molecule has 0 fully saturated rings. The third-order valence-electron chi connectivity index (χ3n) is 2.64. The molecule has 2 N–H and O–H groups in total. The van der Waals surface area contributed by atoms with Crippen molar-refractivity contribution in [1.82, 2.24) is 4.90 Å². The second-order valence-electron chi connectivity index (χ2n) is 3.78. The van der Waals surface area contributed by atoms with Gasteiger partial charge in [0.2, 0.25) is 5.91 Å². The summed E-state index contributed by atoms with van der Waals surface area (Å²) in [7, 11) is 0. The van der Waals surface area contributed by atoms with Gasteiger partial charge in [0.1, 0.15) is 0 Å². The maximum atomic E-state index is 12.3. The van der Waals surface area contributed by atoms with Crippen LogP contribution in [0, 0.1) is 0 Å². The summed E-state index contributed by atoms with van der Waals surface area (Å²) in [5, 5.41) is 0. The van der Waals surface area contributed by atoms with E-state index in [1.165, 1.54) is 4.90 Å². The zero-order valence-corrected chi connectivity index (χ0v) is 9.05. The average Bonchev–Trinajstić information content (AvgIpc) is 2.26. The fraction of sp³-hybridized carbons (Fsp3) is 0.700. The lowest BCUT2D eigenvalue weighted by molar-refractivity contribution is -0.133. The minimum atomic E-state index is -4.28. The first-order valence-corrected chi connectivity index (χ1v) is 5.16. The summed E-state index contributed by atoms with van der Waals surface area (Å²) in [4.78, 5) is 12.9. The van der Waals surface area contributed by atoms with E-state index in [2.05, 4.69) is 0 Å². The summed E-state index contributed by atoms with van der Waals surface area (Å²) in [5.41, 5.74) is 4.98. The fourth-order valence-electron chi connectivity index (χ4n) is 1.54. The quantitative estimate of drug-likeness (QED) is 0.737. The Labute approximate surface area is 92.1 Å². The molecular formula is C10H15F3N2O. The molecule has 1 aliphatic heterocycles. The molecule has 0 aromatic carbocycles. The van der Waals surface area contributed by atoms with E-state index in [1.807, 2.05) is 0 Å². The Morgan fingerprint density at radius 1 is 1.62 bits per heavy atom. The smallest absolute Gasteiger partial charge is 0.337 e. The van der Waals surface area contributed by atoms with Gasteiger partial charge in [-0.15, -0.1) is 0 Å². The molecule has 0 aromatic rings. The van der Waals surface area contributed by atoms with Crippen LogP contribution < -0.4 is 5.73 Å². The van der Waals surface area contributed by atoms with Gasteiger partial charge in [-0.1, -0.05) is 13.0 Å². The Hall–Kier alpha value is -1.04. The molecule has 0 saturated carbocycles. The number of halogens is 3. The van der Waals surface area contributed by atoms with Crippen LogP contribution in [0.15, 0.2) is 11.6 Å². The van der Waals surface area contributed by atoms with E-state index in [0.29, 0.717) is 6.42 Å². The molecule has 3 nitrogen and oxygen atoms in total. The molecule has 1 aliphatic rings. The van der Waals surface area contributed by atoms with Crippen molar-refractivity contribution in [1.29, 1.82) is 0 Å². The van der Waals surface area contributed by atoms with E-state index in [0.717, 1.165) is 6.08 Å². The predicted molar refractivity (Wildman–Crippen MR) is 53.6 cm³/mol. The molecule has 0 spiro atoms. The summed E-state index contributed by atoms with van der Waals surface area (Å²) >= 11 is 0. The SMILES string of the molecule is CC[C@H](N)C(=O)N1CC=C(C(F)(F)F)CC1. The minimum absolute atomic E-state index is 0.00137. The highest BCUT2D eigenvalue weighted by Crippen LogP contribution is 2.30. The van der Waals surface area contributed by atoms with Gasteiger partial charge >= 0.3 is 6.18 Å². The van der Waals surface area contributed by atoms with Gasteiger partial charge in [0, 0.05) is 18.7 Å². The molecule has 1 rings (SSSR count). The molecule has 0 aliphatic carbocycles. The molecule has 1 atom stereocenters. The monoisotopic (exact) mass is 236 g/mol. The largest absolute Gasteiger partial charge is 0.412 e. The van der Waals surface area contributed by atoms with Crippen molar-refractivity contribution >= 4 is 5.91 Å². The first-order valence-electron chi connectivity index (χ1n) is 5.16. The number of alkyl halides is 3. The van der Waals surface area contributed by atoms with Gasteiger partial charge in [-0.2, -0.15) is 13.2 Å². The van der Waals surface area contributed by atoms with Crippen LogP contribution in [0.3, 0.4) is 0 Å². The lowest BCUT2D eigenvalue weighted by Gasteiger charge is -2.29. The van der Waals surface area contributed by atoms with E-state index < -0.39 is 17.8 Å². The van der Waals surface area contributed by atoms with Gasteiger partial charge in [-0.25, -0.2) is 0 Å². The minimum Gasteiger partial charge on any atom is -0.337 e. The van der Waals surface area contributed by atoms with E-state index in [9.17, 15) is 18.0 Å². The molecule has 0 radical (unpaired) electrons. The Morgan fingerprint density at radius 3 is 2.62 bits per heavy atom. The topological polar surface area (TPSA) is 46.3 Å². The lowest BCUT2D eigenvalue weighted by atomic mass is 10.1. The summed E-state index contributed by atoms with van der Waals surface area (Å²) < 4.78 is 36.9. The predicted octanol–water partition coefficient (Wildman–Crippen LogP) is 1.44. The summed E-state index contributed by atoms with van der Waals surface area (Å²) in [5.74, 6) is -0.278. The third kappa shape index (κ3) is 2.98. The van der Waals surface area contributed by atoms with E-state index in [4.69, 9.17) is 5.73 Å². The maximum absolute atomic E-state index is 12.3. The normalized spacial score (nSPS) is 19.3. The summed E-state index contributed by atoms with van der Waals surface area (Å²) in [6.45, 7) is 1.86. The highest BCUT2D eigenvalue weighted by atomic mass is 19.4. The summed E-state index contributed by atoms with van der Waals surface area (Å²) in [6, 6.07) is -0.610. The van der Waals surface area contributed by atoms with Crippen LogP contribution in [0.2, 0.25) is 0 Å². The van der Waals surface area contributed by atoms with E-state index in [1.54, 1.807) is 6.92 Å². The van der Waals surface area contributed by atoms with Crippen molar-refractivity contribution in [2.24, 2.45) is 5.73 Å². The van der Waals surface area contributed by atoms with Gasteiger partial charge < -0.3 is 10.6 Å². The Bertz CT molecular complexity index is 299. The Kier molecular flexibility index (Phi) is 3.96. The molecule has 6 heteroatoms. The third-order valence-corrected chi connectivity index (χ3v) is 2.64. The molecule has 0 aromatic heterocycles. The zero-order chi connectivity index (χ0) is 12.3. The van der Waals surface area contributed by atoms with Crippen molar-refractivity contribution < 1.29 is 18.0 Å². The molecule has 16 heavy (non-hydrogen) atoms. The van der Waals surface area contributed by atoms with Crippen LogP contribution >= 0.6 is 0 Å². The molecule has 0 unspecified atom stereocenters. The fourth-order valence-corrected chi connectivity index (χ4v) is 1.54. The zero-order valence-electron chi connectivity index (χ0n) is 9.05. The average molecular weight is 236 g/mol. The van der Waals surface area contributed by atoms with Gasteiger partial charge in [-0.05, 0) is 12.8 Å². The standard InChI is InChI=1S/C10H15F3N2O/c1-2-8(14)9(16)15-5-3-7(4-6-15)10(11,12)13/h3,8H,2,4-6,14H2,1H3/t8-/m0/s1. The van der Waals surface area contributed by atoms with Gasteiger partial charge in [-0.3, -0.25) is 4.79 Å². The molecule has 1 heterocycles. The van der Waals surface area contributed by atoms with Gasteiger partial charge in [0.05, 0.1) is 6.04 Å². The molecule has 92 valence electrons. The van der Waals surface area contributed by atoms with Crippen LogP contribution in [0.4, 0.5) is 13.2 Å². The molecule has 0 saturated heterocycles. The number of hydrogen-bond donors (Lipinski definition) is 1. The van der Waals surface area contributed by atoms with Crippen molar-refractivity contribution in [3.8, 4) is 0 Å². The van der Waals surface area contributed by atoms with Crippen molar-refractivity contribution in [2.45, 2.75) is 32.0 Å². The molecule has 1 amide bonds. The Balaban J connectivity index is 2.61. The van der Waals surface area contributed by atoms with Crippen molar-refractivity contribution in [3.05, 3.63) is 11.6 Å². The molecule has 0 bridgehead atoms. The van der Waals surface area contributed by atoms with Gasteiger partial charge in [0.15, 0.2) is 0 Å². The lowest BCUT2D eigenvalue weighted by Crippen LogP contribution is -2.45. The number of carbonyl (C=O) groups is 1. The first-order chi connectivity index (χ1) is 7.36. The van der Waals surface area contributed by atoms with Gasteiger partial charge in [0.25, 0.3) is 0 Å². The van der Waals surface area contributed by atoms with Crippen molar-refractivity contribution in [2.75, 3.05) is 13.1 Å². The number of hydrogen-bond acceptors (Lipinski definition) is 2. The number of nitrogens with two attached hydrogens (primary N) is 1. The second-order valence-corrected chi connectivity index (χ2v) is 3.78. The summed E-state index contributed by atoms with van der Waals surface area (Å²) in [6.07, 6.45) is -2.87. The van der Waals surface area contributed by atoms with Crippen molar-refractivity contribution in [3.63, 3.8) is 0 Å². The van der Waals surface area contributed by atoms with Crippen LogP contribution in [0.5, 0.6) is 0 Å². The van der Waals surface area contributed by atoms with Crippen LogP contribution in [0.1, 0.15) is 19.8 Å². The second kappa shape index (κ2) is 4.86. The highest BCUT2D eigenvalue weighted by molar-refractivity contribution is 5.81.